The number of thiophene rings is 1. The second-order valence-electron chi connectivity index (χ2n) is 12.4. The van der Waals surface area contributed by atoms with Crippen LogP contribution in [0.1, 0.15) is 0 Å². The minimum Gasteiger partial charge on any atom is -0.436 e. The van der Waals surface area contributed by atoms with E-state index in [2.05, 4.69) is 150 Å². The van der Waals surface area contributed by atoms with Crippen LogP contribution < -0.4 is 4.90 Å². The van der Waals surface area contributed by atoms with E-state index >= 15 is 0 Å². The van der Waals surface area contributed by atoms with Crippen LogP contribution in [0.15, 0.2) is 174 Å². The minimum absolute atomic E-state index is 0.614. The third-order valence-corrected chi connectivity index (χ3v) is 10.7. The van der Waals surface area contributed by atoms with E-state index in [0.29, 0.717) is 5.89 Å². The molecule has 10 rings (SSSR count). The molecule has 0 radical (unpaired) electrons. The van der Waals surface area contributed by atoms with Crippen LogP contribution in [0.3, 0.4) is 0 Å². The van der Waals surface area contributed by atoms with Crippen molar-refractivity contribution in [3.63, 3.8) is 0 Å². The molecule has 10 aromatic rings. The van der Waals surface area contributed by atoms with E-state index in [1.165, 1.54) is 52.8 Å². The zero-order valence-corrected chi connectivity index (χ0v) is 27.2. The number of rotatable bonds is 5. The fraction of sp³-hybridized carbons (Fsp3) is 0. The van der Waals surface area contributed by atoms with E-state index in [1.807, 2.05) is 35.6 Å². The van der Waals surface area contributed by atoms with Gasteiger partial charge in [0.1, 0.15) is 5.52 Å². The maximum absolute atomic E-state index is 6.13. The Hall–Kier alpha value is -6.23. The Balaban J connectivity index is 1.07. The summed E-state index contributed by atoms with van der Waals surface area (Å²) < 4.78 is 8.80. The standard InChI is InChI=1S/C45H28N2OS/c1-2-12-32(13-3-1)47(34-14-10-11-31(27-34)45-46-40-19-8-9-20-41(40)48-45)33-24-21-29(22-25-33)30-23-26-42-39(28-30)43-37-17-6-4-15-35(37)36-16-5-7-18-38(36)44(43)49-42/h1-28H. The van der Waals surface area contributed by atoms with Crippen molar-refractivity contribution in [2.45, 2.75) is 0 Å². The number of anilines is 3. The molecule has 0 saturated heterocycles. The first-order valence-corrected chi connectivity index (χ1v) is 17.3. The Bertz CT molecular complexity index is 2800. The van der Waals surface area contributed by atoms with Gasteiger partial charge in [0.15, 0.2) is 5.58 Å². The van der Waals surface area contributed by atoms with Crippen LogP contribution >= 0.6 is 11.3 Å². The highest BCUT2D eigenvalue weighted by Crippen LogP contribution is 2.45. The first-order chi connectivity index (χ1) is 24.3. The highest BCUT2D eigenvalue weighted by Gasteiger charge is 2.17. The highest BCUT2D eigenvalue weighted by molar-refractivity contribution is 7.27. The Morgan fingerprint density at radius 3 is 1.92 bits per heavy atom. The lowest BCUT2D eigenvalue weighted by atomic mass is 9.96. The first-order valence-electron chi connectivity index (χ1n) is 16.5. The molecule has 4 heteroatoms. The molecule has 0 bridgehead atoms. The monoisotopic (exact) mass is 644 g/mol. The SMILES string of the molecule is c1ccc(N(c2ccc(-c3ccc4sc5c6ccccc6c6ccccc6c5c4c3)cc2)c2cccc(-c3nc4ccccc4o3)c2)cc1. The van der Waals surface area contributed by atoms with Gasteiger partial charge >= 0.3 is 0 Å². The Labute approximate surface area is 286 Å². The van der Waals surface area contributed by atoms with E-state index < -0.39 is 0 Å². The van der Waals surface area contributed by atoms with Crippen LogP contribution in [0, 0.1) is 0 Å². The summed E-state index contributed by atoms with van der Waals surface area (Å²) in [5.74, 6) is 0.614. The van der Waals surface area contributed by atoms with Gasteiger partial charge in [0.2, 0.25) is 5.89 Å². The summed E-state index contributed by atoms with van der Waals surface area (Å²) in [6.45, 7) is 0. The number of fused-ring (bicyclic) bond motifs is 9. The van der Waals surface area contributed by atoms with Gasteiger partial charge in [-0.25, -0.2) is 4.98 Å². The number of nitrogens with zero attached hydrogens (tertiary/aromatic N) is 2. The molecule has 0 atom stereocenters. The normalized spacial score (nSPS) is 11.7. The molecule has 0 amide bonds. The molecule has 0 aliphatic carbocycles. The molecule has 2 aromatic heterocycles. The number of benzene rings is 8. The maximum atomic E-state index is 6.13. The predicted octanol–water partition coefficient (Wildman–Crippen LogP) is 13.3. The van der Waals surface area contributed by atoms with Gasteiger partial charge in [0.05, 0.1) is 0 Å². The largest absolute Gasteiger partial charge is 0.436 e. The topological polar surface area (TPSA) is 29.3 Å². The fourth-order valence-corrected chi connectivity index (χ4v) is 8.42. The lowest BCUT2D eigenvalue weighted by Crippen LogP contribution is -2.09. The van der Waals surface area contributed by atoms with Crippen LogP contribution in [-0.2, 0) is 0 Å². The van der Waals surface area contributed by atoms with Crippen molar-refractivity contribution in [3.8, 4) is 22.6 Å². The molecule has 2 heterocycles. The lowest BCUT2D eigenvalue weighted by Gasteiger charge is -2.26. The molecule has 3 nitrogen and oxygen atoms in total. The van der Waals surface area contributed by atoms with Crippen LogP contribution in [0.2, 0.25) is 0 Å². The molecule has 0 spiro atoms. The van der Waals surface area contributed by atoms with Crippen molar-refractivity contribution >= 4 is 81.2 Å². The molecule has 49 heavy (non-hydrogen) atoms. The fourth-order valence-electron chi connectivity index (χ4n) is 7.19. The molecule has 0 aliphatic heterocycles. The number of hydrogen-bond acceptors (Lipinski definition) is 4. The van der Waals surface area contributed by atoms with Gasteiger partial charge in [-0.3, -0.25) is 0 Å². The quantitative estimate of drug-likeness (QED) is 0.175. The Morgan fingerprint density at radius 2 is 1.10 bits per heavy atom. The molecular formula is C45H28N2OS. The summed E-state index contributed by atoms with van der Waals surface area (Å²) in [7, 11) is 0. The van der Waals surface area contributed by atoms with E-state index in [1.54, 1.807) is 0 Å². The van der Waals surface area contributed by atoms with E-state index in [9.17, 15) is 0 Å². The predicted molar refractivity (Wildman–Crippen MR) is 207 cm³/mol. The molecule has 0 aliphatic rings. The highest BCUT2D eigenvalue weighted by atomic mass is 32.1. The van der Waals surface area contributed by atoms with Gasteiger partial charge in [-0.2, -0.15) is 0 Å². The second-order valence-corrected chi connectivity index (χ2v) is 13.4. The van der Waals surface area contributed by atoms with Gasteiger partial charge in [-0.05, 0) is 94.0 Å². The van der Waals surface area contributed by atoms with Crippen molar-refractivity contribution in [1.82, 2.24) is 4.98 Å². The summed E-state index contributed by atoms with van der Waals surface area (Å²) in [6, 6.07) is 60.3. The average Bonchev–Trinajstić information content (AvgIpc) is 3.78. The zero-order chi connectivity index (χ0) is 32.3. The van der Waals surface area contributed by atoms with Crippen molar-refractivity contribution in [2.24, 2.45) is 0 Å². The molecule has 8 aromatic carbocycles. The van der Waals surface area contributed by atoms with Crippen molar-refractivity contribution < 1.29 is 4.42 Å². The average molecular weight is 645 g/mol. The summed E-state index contributed by atoms with van der Waals surface area (Å²) in [5, 5.41) is 7.92. The lowest BCUT2D eigenvalue weighted by molar-refractivity contribution is 0.620. The molecular weight excluding hydrogens is 617 g/mol. The molecule has 0 saturated carbocycles. The Kier molecular flexibility index (Phi) is 6.36. The molecule has 0 N–H and O–H groups in total. The van der Waals surface area contributed by atoms with Crippen molar-refractivity contribution in [1.29, 1.82) is 0 Å². The van der Waals surface area contributed by atoms with Gasteiger partial charge < -0.3 is 9.32 Å². The van der Waals surface area contributed by atoms with Gasteiger partial charge in [0.25, 0.3) is 0 Å². The Morgan fingerprint density at radius 1 is 0.449 bits per heavy atom. The smallest absolute Gasteiger partial charge is 0.227 e. The van der Waals surface area contributed by atoms with Crippen molar-refractivity contribution in [3.05, 3.63) is 170 Å². The summed E-state index contributed by atoms with van der Waals surface area (Å²) in [4.78, 5) is 7.04. The van der Waals surface area contributed by atoms with E-state index in [4.69, 9.17) is 9.40 Å². The van der Waals surface area contributed by atoms with Gasteiger partial charge in [-0.15, -0.1) is 11.3 Å². The third kappa shape index (κ3) is 4.61. The number of aromatic nitrogens is 1. The van der Waals surface area contributed by atoms with E-state index in [0.717, 1.165) is 33.7 Å². The summed E-state index contributed by atoms with van der Waals surface area (Å²) >= 11 is 1.89. The van der Waals surface area contributed by atoms with Gasteiger partial charge in [0, 0.05) is 48.2 Å². The summed E-state index contributed by atoms with van der Waals surface area (Å²) in [5.41, 5.74) is 8.15. The third-order valence-electron chi connectivity index (χ3n) is 9.46. The first kappa shape index (κ1) is 27.8. The van der Waals surface area contributed by atoms with Crippen LogP contribution in [0.25, 0.3) is 75.4 Å². The zero-order valence-electron chi connectivity index (χ0n) is 26.4. The number of oxazole rings is 1. The second kappa shape index (κ2) is 11.2. The van der Waals surface area contributed by atoms with Crippen molar-refractivity contribution in [2.75, 3.05) is 4.90 Å². The van der Waals surface area contributed by atoms with E-state index in [-0.39, 0.29) is 0 Å². The van der Waals surface area contributed by atoms with Crippen LogP contribution in [0.5, 0.6) is 0 Å². The van der Waals surface area contributed by atoms with Gasteiger partial charge in [-0.1, -0.05) is 103 Å². The molecule has 230 valence electrons. The minimum atomic E-state index is 0.614. The maximum Gasteiger partial charge on any atom is 0.227 e. The number of hydrogen-bond donors (Lipinski definition) is 0. The van der Waals surface area contributed by atoms with Crippen LogP contribution in [-0.4, -0.2) is 4.98 Å². The summed E-state index contributed by atoms with van der Waals surface area (Å²) in [6.07, 6.45) is 0. The van der Waals surface area contributed by atoms with Crippen LogP contribution in [0.4, 0.5) is 17.1 Å². The molecule has 0 fully saturated rings. The number of para-hydroxylation sites is 3. The molecule has 0 unspecified atom stereocenters.